The summed E-state index contributed by atoms with van der Waals surface area (Å²) in [6.45, 7) is 6.52. The summed E-state index contributed by atoms with van der Waals surface area (Å²) >= 11 is 0. The summed E-state index contributed by atoms with van der Waals surface area (Å²) in [6, 6.07) is 0. The first-order valence-corrected chi connectivity index (χ1v) is 31.3. The zero-order valence-corrected chi connectivity index (χ0v) is 47.9. The molecule has 0 aromatic heterocycles. The molecule has 6 heteroatoms. The smallest absolute Gasteiger partial charge is 0.306 e. The second-order valence-corrected chi connectivity index (χ2v) is 20.9. The van der Waals surface area contributed by atoms with Gasteiger partial charge in [0.05, 0.1) is 0 Å². The molecule has 1 atom stereocenters. The number of unbranched alkanes of at least 4 members (excludes halogenated alkanes) is 36. The van der Waals surface area contributed by atoms with Gasteiger partial charge in [0.15, 0.2) is 6.10 Å². The molecule has 0 radical (unpaired) electrons. The van der Waals surface area contributed by atoms with Crippen LogP contribution in [0, 0.1) is 0 Å². The van der Waals surface area contributed by atoms with Crippen molar-refractivity contribution in [3.63, 3.8) is 0 Å². The van der Waals surface area contributed by atoms with E-state index in [1.165, 1.54) is 180 Å². The molecule has 0 saturated heterocycles. The summed E-state index contributed by atoms with van der Waals surface area (Å²) in [7, 11) is 0. The Morgan fingerprint density at radius 1 is 0.292 bits per heavy atom. The first kappa shape index (κ1) is 69.1. The lowest BCUT2D eigenvalue weighted by Gasteiger charge is -2.18. The van der Waals surface area contributed by atoms with Gasteiger partial charge in [-0.05, 0) is 83.5 Å². The fourth-order valence-electron chi connectivity index (χ4n) is 9.08. The van der Waals surface area contributed by atoms with Gasteiger partial charge >= 0.3 is 17.9 Å². The van der Waals surface area contributed by atoms with Crippen LogP contribution >= 0.6 is 0 Å². The van der Waals surface area contributed by atoms with Crippen LogP contribution in [0.25, 0.3) is 0 Å². The van der Waals surface area contributed by atoms with E-state index in [1.807, 2.05) is 0 Å². The number of hydrogen-bond acceptors (Lipinski definition) is 6. The van der Waals surface area contributed by atoms with E-state index in [-0.39, 0.29) is 31.1 Å². The molecule has 0 spiro atoms. The molecule has 0 aromatic rings. The monoisotopic (exact) mass is 1010 g/mol. The average Bonchev–Trinajstić information content (AvgIpc) is 3.38. The highest BCUT2D eigenvalue weighted by molar-refractivity contribution is 5.71. The van der Waals surface area contributed by atoms with Gasteiger partial charge in [-0.2, -0.15) is 0 Å². The Kier molecular flexibility index (Phi) is 58.2. The minimum absolute atomic E-state index is 0.0777. The minimum Gasteiger partial charge on any atom is -0.462 e. The standard InChI is InChI=1S/C66H118O6/c1-4-7-10-13-16-19-22-24-26-27-28-29-30-31-32-33-34-35-36-37-38-39-41-42-44-47-50-53-56-59-65(68)71-62-63(61-70-64(67)58-55-52-49-46-21-18-15-12-9-6-3)72-66(69)60-57-54-51-48-45-43-40-25-23-20-17-14-11-8-5-2/h8,11,17,20,22,24-25,27-28,40,63H,4-7,9-10,12-16,18-19,21,23,26,29-39,41-62H2,1-3H3/b11-8-,20-17-,24-22-,28-27-,40-25-. The Morgan fingerprint density at radius 3 is 0.847 bits per heavy atom. The van der Waals surface area contributed by atoms with Crippen molar-refractivity contribution in [2.45, 2.75) is 329 Å². The van der Waals surface area contributed by atoms with Gasteiger partial charge in [0.1, 0.15) is 13.2 Å². The molecule has 0 aromatic carbocycles. The number of hydrogen-bond donors (Lipinski definition) is 0. The summed E-state index contributed by atoms with van der Waals surface area (Å²) < 4.78 is 16.9. The van der Waals surface area contributed by atoms with Gasteiger partial charge in [0.2, 0.25) is 0 Å². The molecule has 72 heavy (non-hydrogen) atoms. The summed E-state index contributed by atoms with van der Waals surface area (Å²) in [4.78, 5) is 38.1. The Hall–Kier alpha value is -2.89. The third-order valence-corrected chi connectivity index (χ3v) is 13.8. The van der Waals surface area contributed by atoms with E-state index >= 15 is 0 Å². The van der Waals surface area contributed by atoms with Gasteiger partial charge in [0.25, 0.3) is 0 Å². The Morgan fingerprint density at radius 2 is 0.542 bits per heavy atom. The molecule has 0 aliphatic carbocycles. The molecular weight excluding hydrogens is 889 g/mol. The third-order valence-electron chi connectivity index (χ3n) is 13.8. The normalized spacial score (nSPS) is 12.4. The Bertz CT molecular complexity index is 1290. The van der Waals surface area contributed by atoms with Crippen LogP contribution in [0.3, 0.4) is 0 Å². The molecular formula is C66H118O6. The summed E-state index contributed by atoms with van der Waals surface area (Å²) in [6.07, 6.45) is 76.7. The van der Waals surface area contributed by atoms with Gasteiger partial charge in [-0.1, -0.05) is 281 Å². The van der Waals surface area contributed by atoms with Crippen molar-refractivity contribution in [3.05, 3.63) is 60.8 Å². The number of esters is 3. The van der Waals surface area contributed by atoms with Gasteiger partial charge in [-0.15, -0.1) is 0 Å². The lowest BCUT2D eigenvalue weighted by molar-refractivity contribution is -0.167. The van der Waals surface area contributed by atoms with Crippen molar-refractivity contribution in [1.29, 1.82) is 0 Å². The van der Waals surface area contributed by atoms with Crippen LogP contribution in [0.1, 0.15) is 323 Å². The topological polar surface area (TPSA) is 78.9 Å². The van der Waals surface area contributed by atoms with E-state index in [4.69, 9.17) is 14.2 Å². The van der Waals surface area contributed by atoms with Gasteiger partial charge in [-0.3, -0.25) is 14.4 Å². The molecule has 0 saturated carbocycles. The number of allylic oxidation sites excluding steroid dienone is 10. The van der Waals surface area contributed by atoms with Crippen LogP contribution in [0.4, 0.5) is 0 Å². The fraction of sp³-hybridized carbons (Fsp3) is 0.803. The van der Waals surface area contributed by atoms with Crippen LogP contribution in [-0.4, -0.2) is 37.2 Å². The molecule has 1 unspecified atom stereocenters. The number of rotatable bonds is 57. The highest BCUT2D eigenvalue weighted by atomic mass is 16.6. The Labute approximate surface area is 447 Å². The number of carbonyl (C=O) groups excluding carboxylic acids is 3. The predicted molar refractivity (Wildman–Crippen MR) is 312 cm³/mol. The maximum Gasteiger partial charge on any atom is 0.306 e. The van der Waals surface area contributed by atoms with Crippen LogP contribution in [0.2, 0.25) is 0 Å². The number of carbonyl (C=O) groups is 3. The zero-order valence-electron chi connectivity index (χ0n) is 47.9. The van der Waals surface area contributed by atoms with Crippen molar-refractivity contribution >= 4 is 17.9 Å². The summed E-state index contributed by atoms with van der Waals surface area (Å²) in [5.74, 6) is -0.882. The van der Waals surface area contributed by atoms with Crippen LogP contribution in [0.15, 0.2) is 60.8 Å². The molecule has 0 heterocycles. The molecule has 418 valence electrons. The van der Waals surface area contributed by atoms with Gasteiger partial charge < -0.3 is 14.2 Å². The molecule has 0 aliphatic heterocycles. The molecule has 0 N–H and O–H groups in total. The zero-order chi connectivity index (χ0) is 52.2. The van der Waals surface area contributed by atoms with Crippen LogP contribution < -0.4 is 0 Å². The maximum atomic E-state index is 12.8. The van der Waals surface area contributed by atoms with Crippen LogP contribution in [-0.2, 0) is 28.6 Å². The van der Waals surface area contributed by atoms with Gasteiger partial charge in [-0.25, -0.2) is 0 Å². The van der Waals surface area contributed by atoms with E-state index in [0.29, 0.717) is 19.3 Å². The van der Waals surface area contributed by atoms with Crippen molar-refractivity contribution < 1.29 is 28.6 Å². The van der Waals surface area contributed by atoms with Crippen molar-refractivity contribution in [2.24, 2.45) is 0 Å². The van der Waals surface area contributed by atoms with Crippen molar-refractivity contribution in [2.75, 3.05) is 13.2 Å². The first-order chi connectivity index (χ1) is 35.5. The fourth-order valence-corrected chi connectivity index (χ4v) is 9.08. The number of ether oxygens (including phenoxy) is 3. The van der Waals surface area contributed by atoms with Crippen molar-refractivity contribution in [1.82, 2.24) is 0 Å². The Balaban J connectivity index is 4.13. The second-order valence-electron chi connectivity index (χ2n) is 20.9. The van der Waals surface area contributed by atoms with E-state index in [1.54, 1.807) is 0 Å². The molecule has 0 fully saturated rings. The third kappa shape index (κ3) is 58.0. The molecule has 0 bridgehead atoms. The largest absolute Gasteiger partial charge is 0.462 e. The van der Waals surface area contributed by atoms with E-state index in [9.17, 15) is 14.4 Å². The van der Waals surface area contributed by atoms with E-state index in [2.05, 4.69) is 81.5 Å². The molecule has 6 nitrogen and oxygen atoms in total. The lowest BCUT2D eigenvalue weighted by Crippen LogP contribution is -2.30. The highest BCUT2D eigenvalue weighted by Crippen LogP contribution is 2.17. The average molecular weight is 1010 g/mol. The van der Waals surface area contributed by atoms with Gasteiger partial charge in [0, 0.05) is 19.3 Å². The second kappa shape index (κ2) is 60.7. The molecule has 0 amide bonds. The van der Waals surface area contributed by atoms with E-state index < -0.39 is 6.10 Å². The highest BCUT2D eigenvalue weighted by Gasteiger charge is 2.19. The first-order valence-electron chi connectivity index (χ1n) is 31.3. The quantitative estimate of drug-likeness (QED) is 0.0261. The predicted octanol–water partition coefficient (Wildman–Crippen LogP) is 21.2. The summed E-state index contributed by atoms with van der Waals surface area (Å²) in [5, 5.41) is 0. The van der Waals surface area contributed by atoms with Crippen molar-refractivity contribution in [3.8, 4) is 0 Å². The minimum atomic E-state index is -0.780. The molecule has 0 rings (SSSR count). The van der Waals surface area contributed by atoms with E-state index in [0.717, 1.165) is 103 Å². The maximum absolute atomic E-state index is 12.8. The van der Waals surface area contributed by atoms with Crippen LogP contribution in [0.5, 0.6) is 0 Å². The lowest BCUT2D eigenvalue weighted by atomic mass is 10.0. The summed E-state index contributed by atoms with van der Waals surface area (Å²) in [5.41, 5.74) is 0. The molecule has 0 aliphatic rings. The SMILES string of the molecule is CC/C=C\C/C=C\C/C=C\CCCCCCCC(=O)OC(COC(=O)CCCCCCCCCCCC)COC(=O)CCCCCCCCCCCCCCCCCCC/C=C\C/C=C\CCCCCCC.